The number of nitrogens with one attached hydrogen (secondary N) is 1. The van der Waals surface area contributed by atoms with Crippen molar-refractivity contribution in [1.82, 2.24) is 19.9 Å². The molecule has 1 amide bonds. The molecule has 0 radical (unpaired) electrons. The van der Waals surface area contributed by atoms with E-state index in [9.17, 15) is 9.90 Å². The van der Waals surface area contributed by atoms with Crippen LogP contribution in [0.5, 0.6) is 5.88 Å². The van der Waals surface area contributed by atoms with Crippen molar-refractivity contribution in [2.24, 2.45) is 5.92 Å². The van der Waals surface area contributed by atoms with Crippen LogP contribution in [-0.4, -0.2) is 32.2 Å². The van der Waals surface area contributed by atoms with Crippen LogP contribution in [0.25, 0.3) is 16.9 Å². The van der Waals surface area contributed by atoms with E-state index in [1.54, 1.807) is 0 Å². The van der Waals surface area contributed by atoms with Gasteiger partial charge in [-0.05, 0) is 12.3 Å². The molecule has 0 spiro atoms. The summed E-state index contributed by atoms with van der Waals surface area (Å²) in [7, 11) is 0. The summed E-state index contributed by atoms with van der Waals surface area (Å²) in [4.78, 5) is 16.9. The van der Waals surface area contributed by atoms with Gasteiger partial charge in [-0.1, -0.05) is 44.2 Å². The predicted molar refractivity (Wildman–Crippen MR) is 91.9 cm³/mol. The first-order chi connectivity index (χ1) is 11.6. The Balaban J connectivity index is 1.95. The highest BCUT2D eigenvalue weighted by atomic mass is 16.3. The molecule has 0 atom stereocenters. The number of rotatable bonds is 5. The van der Waals surface area contributed by atoms with Crippen LogP contribution in [0.4, 0.5) is 0 Å². The summed E-state index contributed by atoms with van der Waals surface area (Å²) in [6.45, 7) is 4.80. The molecule has 3 aromatic rings. The SMILES string of the molecule is CC(C)CCNC(=O)c1cnn2c(O)cc(-c3ccccc3)nc12. The number of hydrogen-bond acceptors (Lipinski definition) is 4. The first-order valence-corrected chi connectivity index (χ1v) is 7.97. The molecule has 6 nitrogen and oxygen atoms in total. The van der Waals surface area contributed by atoms with E-state index in [1.807, 2.05) is 30.3 Å². The Bertz CT molecular complexity index is 856. The zero-order chi connectivity index (χ0) is 17.1. The molecule has 0 fully saturated rings. The topological polar surface area (TPSA) is 79.5 Å². The van der Waals surface area contributed by atoms with E-state index in [0.717, 1.165) is 12.0 Å². The second-order valence-electron chi connectivity index (χ2n) is 6.10. The van der Waals surface area contributed by atoms with Gasteiger partial charge in [0.25, 0.3) is 5.91 Å². The Labute approximate surface area is 140 Å². The minimum absolute atomic E-state index is 0.0555. The normalized spacial score (nSPS) is 11.1. The highest BCUT2D eigenvalue weighted by Gasteiger charge is 2.17. The van der Waals surface area contributed by atoms with Crippen LogP contribution in [0.1, 0.15) is 30.6 Å². The van der Waals surface area contributed by atoms with E-state index >= 15 is 0 Å². The maximum Gasteiger partial charge on any atom is 0.256 e. The number of carbonyl (C=O) groups excluding carboxylic acids is 1. The average molecular weight is 324 g/mol. The Morgan fingerprint density at radius 1 is 1.29 bits per heavy atom. The number of amides is 1. The van der Waals surface area contributed by atoms with Crippen molar-refractivity contribution in [3.8, 4) is 17.1 Å². The molecular formula is C18H20N4O2. The first-order valence-electron chi connectivity index (χ1n) is 7.97. The average Bonchev–Trinajstić information content (AvgIpc) is 3.00. The van der Waals surface area contributed by atoms with E-state index in [-0.39, 0.29) is 11.8 Å². The Kier molecular flexibility index (Phi) is 4.46. The number of carbonyl (C=O) groups is 1. The number of benzene rings is 1. The fraction of sp³-hybridized carbons (Fsp3) is 0.278. The van der Waals surface area contributed by atoms with Gasteiger partial charge in [-0.25, -0.2) is 4.98 Å². The highest BCUT2D eigenvalue weighted by Crippen LogP contribution is 2.24. The van der Waals surface area contributed by atoms with Crippen LogP contribution >= 0.6 is 0 Å². The van der Waals surface area contributed by atoms with Gasteiger partial charge in [0.1, 0.15) is 5.56 Å². The molecule has 0 aliphatic rings. The molecule has 0 bridgehead atoms. The van der Waals surface area contributed by atoms with Gasteiger partial charge < -0.3 is 10.4 Å². The zero-order valence-electron chi connectivity index (χ0n) is 13.7. The van der Waals surface area contributed by atoms with E-state index in [1.165, 1.54) is 16.8 Å². The fourth-order valence-electron chi connectivity index (χ4n) is 2.43. The van der Waals surface area contributed by atoms with Crippen molar-refractivity contribution in [3.05, 3.63) is 48.2 Å². The maximum absolute atomic E-state index is 12.4. The first kappa shape index (κ1) is 16.0. The van der Waals surface area contributed by atoms with E-state index in [0.29, 0.717) is 29.4 Å². The summed E-state index contributed by atoms with van der Waals surface area (Å²) in [5, 5.41) is 17.1. The zero-order valence-corrected chi connectivity index (χ0v) is 13.7. The molecule has 24 heavy (non-hydrogen) atoms. The summed E-state index contributed by atoms with van der Waals surface area (Å²) in [5.74, 6) is 0.226. The van der Waals surface area contributed by atoms with Crippen LogP contribution < -0.4 is 5.32 Å². The third-order valence-electron chi connectivity index (χ3n) is 3.77. The largest absolute Gasteiger partial charge is 0.493 e. The molecule has 0 aliphatic heterocycles. The molecule has 0 aliphatic carbocycles. The third-order valence-corrected chi connectivity index (χ3v) is 3.77. The molecular weight excluding hydrogens is 304 g/mol. The molecule has 0 saturated carbocycles. The lowest BCUT2D eigenvalue weighted by molar-refractivity contribution is 0.0953. The van der Waals surface area contributed by atoms with Crippen LogP contribution in [0.15, 0.2) is 42.6 Å². The van der Waals surface area contributed by atoms with Gasteiger partial charge in [-0.3, -0.25) is 4.79 Å². The van der Waals surface area contributed by atoms with Crippen molar-refractivity contribution < 1.29 is 9.90 Å². The molecule has 124 valence electrons. The second-order valence-corrected chi connectivity index (χ2v) is 6.10. The molecule has 2 aromatic heterocycles. The smallest absolute Gasteiger partial charge is 0.256 e. The van der Waals surface area contributed by atoms with E-state index in [2.05, 4.69) is 29.2 Å². The van der Waals surface area contributed by atoms with Crippen LogP contribution in [0, 0.1) is 5.92 Å². The van der Waals surface area contributed by atoms with Gasteiger partial charge in [0.05, 0.1) is 11.9 Å². The van der Waals surface area contributed by atoms with Gasteiger partial charge in [-0.2, -0.15) is 9.61 Å². The van der Waals surface area contributed by atoms with E-state index in [4.69, 9.17) is 0 Å². The summed E-state index contributed by atoms with van der Waals surface area (Å²) in [6, 6.07) is 11.0. The summed E-state index contributed by atoms with van der Waals surface area (Å²) < 4.78 is 1.27. The maximum atomic E-state index is 12.4. The quantitative estimate of drug-likeness (QED) is 0.756. The summed E-state index contributed by atoms with van der Waals surface area (Å²) >= 11 is 0. The van der Waals surface area contributed by atoms with Crippen molar-refractivity contribution in [1.29, 1.82) is 0 Å². The van der Waals surface area contributed by atoms with Crippen LogP contribution in [-0.2, 0) is 0 Å². The molecule has 0 saturated heterocycles. The second kappa shape index (κ2) is 6.70. The number of fused-ring (bicyclic) bond motifs is 1. The molecule has 1 aromatic carbocycles. The minimum atomic E-state index is -0.234. The van der Waals surface area contributed by atoms with Crippen LogP contribution in [0.3, 0.4) is 0 Å². The number of aromatic hydroxyl groups is 1. The standard InChI is InChI=1S/C18H20N4O2/c1-12(2)8-9-19-18(24)14-11-20-22-16(23)10-15(21-17(14)22)13-6-4-3-5-7-13/h3-7,10-12,23H,8-9H2,1-2H3,(H,19,24). The number of nitrogens with zero attached hydrogens (tertiary/aromatic N) is 3. The van der Waals surface area contributed by atoms with E-state index < -0.39 is 0 Å². The molecule has 6 heteroatoms. The van der Waals surface area contributed by atoms with Gasteiger partial charge in [0.2, 0.25) is 5.88 Å². The monoisotopic (exact) mass is 324 g/mol. The molecule has 2 heterocycles. The van der Waals surface area contributed by atoms with Gasteiger partial charge in [0.15, 0.2) is 5.65 Å². The lowest BCUT2D eigenvalue weighted by Gasteiger charge is -2.07. The minimum Gasteiger partial charge on any atom is -0.493 e. The molecule has 3 rings (SSSR count). The lowest BCUT2D eigenvalue weighted by Crippen LogP contribution is -2.25. The highest BCUT2D eigenvalue weighted by molar-refractivity contribution is 5.99. The van der Waals surface area contributed by atoms with Crippen molar-refractivity contribution in [3.63, 3.8) is 0 Å². The summed E-state index contributed by atoms with van der Waals surface area (Å²) in [5.41, 5.74) is 2.16. The summed E-state index contributed by atoms with van der Waals surface area (Å²) in [6.07, 6.45) is 2.33. The Morgan fingerprint density at radius 3 is 2.75 bits per heavy atom. The lowest BCUT2D eigenvalue weighted by atomic mass is 10.1. The van der Waals surface area contributed by atoms with Gasteiger partial charge in [0, 0.05) is 18.2 Å². The van der Waals surface area contributed by atoms with Gasteiger partial charge in [-0.15, -0.1) is 0 Å². The van der Waals surface area contributed by atoms with Crippen molar-refractivity contribution in [2.75, 3.05) is 6.54 Å². The Morgan fingerprint density at radius 2 is 2.04 bits per heavy atom. The Hall–Kier alpha value is -2.89. The van der Waals surface area contributed by atoms with Gasteiger partial charge >= 0.3 is 0 Å². The number of aromatic nitrogens is 3. The third kappa shape index (κ3) is 3.22. The molecule has 0 unspecified atom stereocenters. The van der Waals surface area contributed by atoms with Crippen molar-refractivity contribution >= 4 is 11.6 Å². The number of hydrogen-bond donors (Lipinski definition) is 2. The molecule has 2 N–H and O–H groups in total. The fourth-order valence-corrected chi connectivity index (χ4v) is 2.43. The predicted octanol–water partition coefficient (Wildman–Crippen LogP) is 2.88. The van der Waals surface area contributed by atoms with Crippen molar-refractivity contribution in [2.45, 2.75) is 20.3 Å². The van der Waals surface area contributed by atoms with Crippen LogP contribution in [0.2, 0.25) is 0 Å².